The van der Waals surface area contributed by atoms with Gasteiger partial charge in [-0.1, -0.05) is 35.0 Å². The predicted molar refractivity (Wildman–Crippen MR) is 124 cm³/mol. The Kier molecular flexibility index (Phi) is 5.54. The predicted octanol–water partition coefficient (Wildman–Crippen LogP) is 3.12. The van der Waals surface area contributed by atoms with Crippen LogP contribution in [0, 0.1) is 6.92 Å². The Morgan fingerprint density at radius 3 is 2.47 bits per heavy atom. The second kappa shape index (κ2) is 11.2. The van der Waals surface area contributed by atoms with E-state index < -0.39 is 53.8 Å². The number of aryl methyl sites for hydroxylation is 1. The molecule has 0 amide bonds. The van der Waals surface area contributed by atoms with Crippen molar-refractivity contribution in [2.75, 3.05) is 24.3 Å². The van der Waals surface area contributed by atoms with E-state index in [-0.39, 0.29) is 17.5 Å². The number of benzene rings is 1. The van der Waals surface area contributed by atoms with Crippen molar-refractivity contribution in [1.82, 2.24) is 24.7 Å². The van der Waals surface area contributed by atoms with E-state index in [1.165, 1.54) is 31.5 Å². The monoisotopic (exact) mass is 529 g/mol. The van der Waals surface area contributed by atoms with Crippen molar-refractivity contribution in [1.29, 1.82) is 0 Å². The molecule has 2 aromatic heterocycles. The third kappa shape index (κ3) is 6.84. The van der Waals surface area contributed by atoms with Crippen molar-refractivity contribution in [2.45, 2.75) is 20.3 Å². The molecule has 0 saturated heterocycles. The van der Waals surface area contributed by atoms with Gasteiger partial charge in [-0.3, -0.25) is 4.72 Å². The SMILES string of the molecule is [2H]c1nc(NS(=O)(=O)NC([2H])([2H])CC)c(-c2ccc(Br)cc2)c(OC([2H])([2H])C([2H])([2H])Oc2ncc(C)cn2)n1. The molecule has 0 bridgehead atoms. The number of halogens is 1. The van der Waals surface area contributed by atoms with Crippen LogP contribution in [0.2, 0.25) is 0 Å². The lowest BCUT2D eigenvalue weighted by atomic mass is 10.1. The third-order valence-corrected chi connectivity index (χ3v) is 5.00. The Labute approximate surface area is 205 Å². The fraction of sp³-hybridized carbons (Fsp3) is 0.300. The van der Waals surface area contributed by atoms with Crippen LogP contribution in [-0.2, 0) is 10.2 Å². The molecule has 1 aromatic carbocycles. The van der Waals surface area contributed by atoms with Crippen LogP contribution >= 0.6 is 15.9 Å². The molecule has 0 unspecified atom stereocenters. The van der Waals surface area contributed by atoms with E-state index >= 15 is 0 Å². The summed E-state index contributed by atoms with van der Waals surface area (Å²) in [7, 11) is -4.62. The zero-order valence-electron chi connectivity index (χ0n) is 23.9. The number of hydrogen-bond donors (Lipinski definition) is 2. The first-order chi connectivity index (χ1) is 17.9. The van der Waals surface area contributed by atoms with Crippen LogP contribution in [0.25, 0.3) is 11.1 Å². The fourth-order valence-electron chi connectivity index (χ4n) is 2.25. The molecule has 32 heavy (non-hydrogen) atoms. The number of nitrogens with zero attached hydrogens (tertiary/aromatic N) is 4. The molecule has 0 fully saturated rings. The van der Waals surface area contributed by atoms with Gasteiger partial charge < -0.3 is 9.47 Å². The Balaban J connectivity index is 2.09. The first-order valence-electron chi connectivity index (χ1n) is 12.6. The van der Waals surface area contributed by atoms with Gasteiger partial charge in [-0.15, -0.1) is 0 Å². The van der Waals surface area contributed by atoms with Crippen molar-refractivity contribution in [2.24, 2.45) is 0 Å². The van der Waals surface area contributed by atoms with Crippen LogP contribution in [0.15, 0.2) is 47.4 Å². The van der Waals surface area contributed by atoms with Crippen LogP contribution in [0.5, 0.6) is 11.9 Å². The molecule has 0 saturated carbocycles. The minimum Gasteiger partial charge on any atom is -0.473 e. The molecule has 10 nitrogen and oxygen atoms in total. The van der Waals surface area contributed by atoms with Gasteiger partial charge in [-0.25, -0.2) is 19.9 Å². The van der Waals surface area contributed by atoms with Crippen molar-refractivity contribution in [3.05, 3.63) is 53.0 Å². The quantitative estimate of drug-likeness (QED) is 0.387. The number of nitrogens with one attached hydrogen (secondary N) is 2. The summed E-state index contributed by atoms with van der Waals surface area (Å²) in [5.41, 5.74) is 0.595. The molecule has 12 heteroatoms. The number of ether oxygens (including phenoxy) is 2. The average Bonchev–Trinajstić information content (AvgIpc) is 2.80. The number of aromatic nitrogens is 4. The van der Waals surface area contributed by atoms with Crippen LogP contribution in [0.1, 0.15) is 28.5 Å². The van der Waals surface area contributed by atoms with Gasteiger partial charge >= 0.3 is 6.01 Å². The van der Waals surface area contributed by atoms with Gasteiger partial charge in [-0.05, 0) is 36.6 Å². The lowest BCUT2D eigenvalue weighted by Gasteiger charge is -2.15. The van der Waals surface area contributed by atoms with E-state index in [1.807, 2.05) is 9.44 Å². The lowest BCUT2D eigenvalue weighted by molar-refractivity contribution is 0.202. The van der Waals surface area contributed by atoms with Crippen molar-refractivity contribution in [3.63, 3.8) is 0 Å². The van der Waals surface area contributed by atoms with Gasteiger partial charge in [0.15, 0.2) is 5.82 Å². The largest absolute Gasteiger partial charge is 0.473 e. The summed E-state index contributed by atoms with van der Waals surface area (Å²) >= 11 is 3.27. The van der Waals surface area contributed by atoms with Crippen LogP contribution in [0.4, 0.5) is 5.82 Å². The summed E-state index contributed by atoms with van der Waals surface area (Å²) in [4.78, 5) is 15.1. The highest BCUT2D eigenvalue weighted by atomic mass is 79.9. The summed E-state index contributed by atoms with van der Waals surface area (Å²) in [6.45, 7) is -5.70. The molecule has 3 rings (SSSR count). The van der Waals surface area contributed by atoms with E-state index in [2.05, 4.69) is 35.9 Å². The Morgan fingerprint density at radius 2 is 1.78 bits per heavy atom. The smallest absolute Gasteiger partial charge is 0.316 e. The van der Waals surface area contributed by atoms with E-state index in [1.54, 1.807) is 19.1 Å². The molecule has 0 aliphatic heterocycles. The van der Waals surface area contributed by atoms with Crippen molar-refractivity contribution >= 4 is 32.0 Å². The van der Waals surface area contributed by atoms with E-state index in [0.717, 1.165) is 0 Å². The molecule has 0 spiro atoms. The molecule has 0 aliphatic carbocycles. The first-order valence-corrected chi connectivity index (χ1v) is 11.3. The van der Waals surface area contributed by atoms with Crippen molar-refractivity contribution < 1.29 is 27.5 Å². The van der Waals surface area contributed by atoms with E-state index in [9.17, 15) is 8.42 Å². The topological polar surface area (TPSA) is 128 Å². The highest BCUT2D eigenvalue weighted by Gasteiger charge is 2.19. The first kappa shape index (κ1) is 15.9. The maximum absolute atomic E-state index is 12.7. The number of rotatable bonds is 11. The molecule has 0 aliphatic rings. The summed E-state index contributed by atoms with van der Waals surface area (Å²) in [6, 6.07) is 5.64. The van der Waals surface area contributed by atoms with Crippen molar-refractivity contribution in [3.8, 4) is 23.0 Å². The lowest BCUT2D eigenvalue weighted by Crippen LogP contribution is -2.31. The molecule has 2 N–H and O–H groups in total. The van der Waals surface area contributed by atoms with Crippen LogP contribution in [-0.4, -0.2) is 48.0 Å². The zero-order valence-corrected chi connectivity index (χ0v) is 19.3. The molecule has 0 atom stereocenters. The molecule has 170 valence electrons. The van der Waals surface area contributed by atoms with Gasteiger partial charge in [0.2, 0.25) is 5.88 Å². The van der Waals surface area contributed by atoms with Gasteiger partial charge in [0.1, 0.15) is 20.8 Å². The standard InChI is InChI=1S/C20H23BrN6O4S/c1-3-8-26-32(28,29)27-18-17(15-4-6-16(21)7-5-15)19(25-13-24-18)30-9-10-31-20-22-11-14(2)12-23-20/h4-7,11-13,26H,3,8-10H2,1-2H3,(H,24,25,27)/i8D2,9D2,10D2,13D. The Hall–Kier alpha value is -2.83. The molecule has 0 radical (unpaired) electrons. The summed E-state index contributed by atoms with van der Waals surface area (Å²) < 4.78 is 96.5. The fourth-order valence-corrected chi connectivity index (χ4v) is 3.30. The number of hydrogen-bond acceptors (Lipinski definition) is 8. The van der Waals surface area contributed by atoms with Gasteiger partial charge in [0.25, 0.3) is 10.2 Å². The molecule has 2 heterocycles. The van der Waals surface area contributed by atoms with Crippen LogP contribution < -0.4 is 18.9 Å². The maximum atomic E-state index is 12.7. The van der Waals surface area contributed by atoms with E-state index in [0.29, 0.717) is 10.0 Å². The summed E-state index contributed by atoms with van der Waals surface area (Å²) in [5, 5.41) is 0. The third-order valence-electron chi connectivity index (χ3n) is 3.60. The van der Waals surface area contributed by atoms with Gasteiger partial charge in [0.05, 0.1) is 11.0 Å². The minimum absolute atomic E-state index is 0.198. The summed E-state index contributed by atoms with van der Waals surface area (Å²) in [6.07, 6.45) is 1.67. The molecule has 3 aromatic rings. The highest BCUT2D eigenvalue weighted by molar-refractivity contribution is 9.10. The maximum Gasteiger partial charge on any atom is 0.316 e. The molecular formula is C20H23BrN6O4S. The highest BCUT2D eigenvalue weighted by Crippen LogP contribution is 2.34. The Morgan fingerprint density at radius 1 is 1.09 bits per heavy atom. The minimum atomic E-state index is -4.62. The Bertz CT molecular complexity index is 1430. The second-order valence-electron chi connectivity index (χ2n) is 6.05. The number of anilines is 1. The normalized spacial score (nSPS) is 15.8. The van der Waals surface area contributed by atoms with E-state index in [4.69, 9.17) is 19.1 Å². The zero-order chi connectivity index (χ0) is 29.2. The summed E-state index contributed by atoms with van der Waals surface area (Å²) in [5.74, 6) is -1.25. The van der Waals surface area contributed by atoms with Gasteiger partial charge in [-0.2, -0.15) is 13.1 Å². The van der Waals surface area contributed by atoms with Crippen LogP contribution in [0.3, 0.4) is 0 Å². The molecular weight excluding hydrogens is 500 g/mol. The second-order valence-corrected chi connectivity index (χ2v) is 8.38. The van der Waals surface area contributed by atoms with Gasteiger partial charge in [0, 0.05) is 26.1 Å². The average molecular weight is 530 g/mol.